The molecule has 156 valence electrons. The Kier molecular flexibility index (Phi) is 6.32. The summed E-state index contributed by atoms with van der Waals surface area (Å²) in [6, 6.07) is 0. The van der Waals surface area contributed by atoms with Crippen molar-refractivity contribution in [1.29, 1.82) is 0 Å². The molecular formula is C11H14BrClN4O9P2. The minimum atomic E-state index is -4.80. The molecule has 5 atom stereocenters. The molecule has 0 aliphatic carbocycles. The van der Waals surface area contributed by atoms with E-state index in [1.54, 1.807) is 0 Å². The summed E-state index contributed by atoms with van der Waals surface area (Å²) in [5, 5.41) is 20.5. The number of rotatable bonds is 6. The summed E-state index contributed by atoms with van der Waals surface area (Å²) in [6.45, 7) is -0.700. The number of aliphatic hydroxyl groups is 2. The first-order valence-electron chi connectivity index (χ1n) is 7.46. The summed E-state index contributed by atoms with van der Waals surface area (Å²) in [6.07, 6.45) is -4.22. The minimum absolute atomic E-state index is 0.0437. The van der Waals surface area contributed by atoms with Gasteiger partial charge >= 0.3 is 15.2 Å². The average Bonchev–Trinajstić information content (AvgIpc) is 3.06. The Balaban J connectivity index is 1.78. The fraction of sp³-hybridized carbons (Fsp3) is 0.545. The van der Waals surface area contributed by atoms with Gasteiger partial charge in [0, 0.05) is 0 Å². The molecule has 1 unspecified atom stereocenters. The molecule has 1 fully saturated rings. The van der Waals surface area contributed by atoms with E-state index in [-0.39, 0.29) is 21.1 Å². The van der Waals surface area contributed by atoms with Gasteiger partial charge in [0.05, 0.1) is 12.9 Å². The molecule has 0 bridgehead atoms. The van der Waals surface area contributed by atoms with Gasteiger partial charge in [0.1, 0.15) is 23.8 Å². The number of imidazole rings is 1. The van der Waals surface area contributed by atoms with Crippen LogP contribution < -0.4 is 0 Å². The zero-order valence-corrected chi connectivity index (χ0v) is 17.7. The van der Waals surface area contributed by atoms with E-state index in [4.69, 9.17) is 26.1 Å². The zero-order valence-electron chi connectivity index (χ0n) is 13.6. The van der Waals surface area contributed by atoms with E-state index in [2.05, 4.69) is 35.4 Å². The van der Waals surface area contributed by atoms with E-state index in [9.17, 15) is 24.2 Å². The Labute approximate surface area is 170 Å². The molecule has 1 aliphatic rings. The second-order valence-electron chi connectivity index (χ2n) is 5.89. The van der Waals surface area contributed by atoms with E-state index in [0.29, 0.717) is 0 Å². The van der Waals surface area contributed by atoms with Gasteiger partial charge in [0.2, 0.25) is 0 Å². The van der Waals surface area contributed by atoms with Crippen LogP contribution in [0.1, 0.15) is 6.23 Å². The van der Waals surface area contributed by atoms with E-state index >= 15 is 0 Å². The summed E-state index contributed by atoms with van der Waals surface area (Å²) in [7, 11) is -9.44. The van der Waals surface area contributed by atoms with E-state index in [0.717, 1.165) is 0 Å². The van der Waals surface area contributed by atoms with Crippen LogP contribution in [-0.4, -0.2) is 75.2 Å². The number of ether oxygens (including phenoxy) is 1. The molecule has 0 amide bonds. The van der Waals surface area contributed by atoms with E-state index < -0.39 is 52.2 Å². The SMILES string of the molecule is O=P(O)(O)CP(=O)(O)OC[C@H]1O[C@@H](n2cnc3c(Cl)nc(Br)nc32)[C@H](O)[C@@H]1O. The Bertz CT molecular complexity index is 986. The molecule has 5 N–H and O–H groups in total. The van der Waals surface area contributed by atoms with Gasteiger partial charge in [-0.15, -0.1) is 0 Å². The molecule has 1 saturated heterocycles. The lowest BCUT2D eigenvalue weighted by atomic mass is 10.1. The Morgan fingerprint density at radius 1 is 1.25 bits per heavy atom. The van der Waals surface area contributed by atoms with Crippen LogP contribution in [0, 0.1) is 0 Å². The van der Waals surface area contributed by atoms with Crippen LogP contribution in [0.25, 0.3) is 11.2 Å². The maximum absolute atomic E-state index is 11.7. The van der Waals surface area contributed by atoms with Gasteiger partial charge in [-0.25, -0.2) is 15.0 Å². The van der Waals surface area contributed by atoms with Crippen molar-refractivity contribution in [2.24, 2.45) is 0 Å². The summed E-state index contributed by atoms with van der Waals surface area (Å²) in [5.74, 6) is -1.38. The van der Waals surface area contributed by atoms with Gasteiger partial charge in [-0.1, -0.05) is 11.6 Å². The normalized spacial score (nSPS) is 28.0. The quantitative estimate of drug-likeness (QED) is 0.196. The van der Waals surface area contributed by atoms with E-state index in [1.807, 2.05) is 0 Å². The van der Waals surface area contributed by atoms with Gasteiger partial charge in [-0.05, 0) is 15.9 Å². The molecule has 0 radical (unpaired) electrons. The zero-order chi connectivity index (χ0) is 20.9. The molecule has 3 rings (SSSR count). The second-order valence-corrected chi connectivity index (χ2v) is 11.0. The molecule has 0 saturated carbocycles. The summed E-state index contributed by atoms with van der Waals surface area (Å²) >= 11 is 9.05. The lowest BCUT2D eigenvalue weighted by Gasteiger charge is -2.18. The first-order chi connectivity index (χ1) is 12.9. The van der Waals surface area contributed by atoms with Gasteiger partial charge in [-0.3, -0.25) is 13.7 Å². The van der Waals surface area contributed by atoms with Crippen molar-refractivity contribution in [1.82, 2.24) is 19.5 Å². The molecule has 17 heteroatoms. The van der Waals surface area contributed by atoms with Crippen LogP contribution in [-0.2, 0) is 18.4 Å². The third-order valence-corrected chi connectivity index (χ3v) is 7.84. The maximum atomic E-state index is 11.7. The van der Waals surface area contributed by atoms with E-state index in [1.165, 1.54) is 10.9 Å². The van der Waals surface area contributed by atoms with Gasteiger partial charge in [-0.2, -0.15) is 0 Å². The van der Waals surface area contributed by atoms with Crippen molar-refractivity contribution in [3.8, 4) is 0 Å². The minimum Gasteiger partial charge on any atom is -0.387 e. The molecule has 0 aromatic carbocycles. The number of halogens is 2. The van der Waals surface area contributed by atoms with Crippen LogP contribution in [0.5, 0.6) is 0 Å². The molecule has 1 aliphatic heterocycles. The van der Waals surface area contributed by atoms with Crippen molar-refractivity contribution in [2.45, 2.75) is 24.5 Å². The highest BCUT2D eigenvalue weighted by Crippen LogP contribution is 2.55. The van der Waals surface area contributed by atoms with Crippen LogP contribution in [0.15, 0.2) is 11.1 Å². The van der Waals surface area contributed by atoms with Crippen molar-refractivity contribution in [2.75, 3.05) is 12.5 Å². The van der Waals surface area contributed by atoms with Crippen LogP contribution in [0.2, 0.25) is 5.15 Å². The first-order valence-corrected chi connectivity index (χ1v) is 12.2. The van der Waals surface area contributed by atoms with Gasteiger partial charge < -0.3 is 34.2 Å². The second kappa shape index (κ2) is 7.97. The number of hydrogen-bond donors (Lipinski definition) is 5. The number of hydrogen-bond acceptors (Lipinski definition) is 9. The number of fused-ring (bicyclic) bond motifs is 1. The monoisotopic (exact) mass is 522 g/mol. The van der Waals surface area contributed by atoms with Crippen LogP contribution >= 0.6 is 42.7 Å². The summed E-state index contributed by atoms with van der Waals surface area (Å²) < 4.78 is 34.2. The molecule has 0 spiro atoms. The first kappa shape index (κ1) is 22.2. The highest BCUT2D eigenvalue weighted by Gasteiger charge is 2.45. The molecule has 2 aromatic heterocycles. The third kappa shape index (κ3) is 4.79. The Morgan fingerprint density at radius 3 is 2.57 bits per heavy atom. The van der Waals surface area contributed by atoms with Crippen LogP contribution in [0.4, 0.5) is 0 Å². The van der Waals surface area contributed by atoms with Crippen molar-refractivity contribution >= 4 is 53.9 Å². The lowest BCUT2D eigenvalue weighted by Crippen LogP contribution is -2.33. The number of aromatic nitrogens is 4. The van der Waals surface area contributed by atoms with Crippen molar-refractivity contribution in [3.05, 3.63) is 16.2 Å². The smallest absolute Gasteiger partial charge is 0.340 e. The summed E-state index contributed by atoms with van der Waals surface area (Å²) in [4.78, 5) is 39.1. The Hall–Kier alpha value is -0.500. The van der Waals surface area contributed by atoms with Crippen molar-refractivity contribution < 1.29 is 43.3 Å². The van der Waals surface area contributed by atoms with Gasteiger partial charge in [0.15, 0.2) is 27.7 Å². The topological polar surface area (TPSA) is 197 Å². The molecule has 2 aromatic rings. The molecule has 13 nitrogen and oxygen atoms in total. The molecule has 28 heavy (non-hydrogen) atoms. The molecular weight excluding hydrogens is 509 g/mol. The van der Waals surface area contributed by atoms with Gasteiger partial charge in [0.25, 0.3) is 0 Å². The predicted octanol–water partition coefficient (Wildman–Crippen LogP) is 0.199. The predicted molar refractivity (Wildman–Crippen MR) is 96.6 cm³/mol. The highest BCUT2D eigenvalue weighted by molar-refractivity contribution is 9.10. The Morgan fingerprint density at radius 2 is 1.93 bits per heavy atom. The highest BCUT2D eigenvalue weighted by atomic mass is 79.9. The maximum Gasteiger partial charge on any atom is 0.340 e. The van der Waals surface area contributed by atoms with Crippen LogP contribution in [0.3, 0.4) is 0 Å². The molecule has 3 heterocycles. The average molecular weight is 524 g/mol. The standard InChI is InChI=1S/C11H14BrClN4O9P2/c12-11-15-8(13)5-9(16-11)17(2-14-5)10-7(19)6(18)4(26-10)1-25-28(23,24)3-27(20,21)22/h2,4,6-7,10,18-19H,1,3H2,(H,23,24)(H2,20,21,22)/t4-,6-,7-,10-/m1/s1. The number of nitrogens with zero attached hydrogens (tertiary/aromatic N) is 4. The fourth-order valence-corrected chi connectivity index (χ4v) is 5.83. The largest absolute Gasteiger partial charge is 0.387 e. The number of aliphatic hydroxyl groups excluding tert-OH is 2. The third-order valence-electron chi connectivity index (χ3n) is 3.77. The fourth-order valence-electron chi connectivity index (χ4n) is 2.60. The summed E-state index contributed by atoms with van der Waals surface area (Å²) in [5.41, 5.74) is 0.412. The lowest BCUT2D eigenvalue weighted by molar-refractivity contribution is -0.0483. The van der Waals surface area contributed by atoms with Crippen molar-refractivity contribution in [3.63, 3.8) is 0 Å².